The van der Waals surface area contributed by atoms with Crippen LogP contribution in [0.3, 0.4) is 0 Å². The Kier molecular flexibility index (Phi) is 4.62. The molecule has 0 saturated heterocycles. The van der Waals surface area contributed by atoms with Gasteiger partial charge in [-0.2, -0.15) is 0 Å². The van der Waals surface area contributed by atoms with E-state index in [4.69, 9.17) is 0 Å². The second kappa shape index (κ2) is 6.57. The lowest BCUT2D eigenvalue weighted by molar-refractivity contribution is 0.102. The van der Waals surface area contributed by atoms with Gasteiger partial charge in [0.1, 0.15) is 0 Å². The van der Waals surface area contributed by atoms with E-state index in [1.165, 1.54) is 35.6 Å². The van der Waals surface area contributed by atoms with Gasteiger partial charge in [0.2, 0.25) is 0 Å². The van der Waals surface area contributed by atoms with Crippen LogP contribution in [0.5, 0.6) is 0 Å². The van der Waals surface area contributed by atoms with E-state index >= 15 is 0 Å². The van der Waals surface area contributed by atoms with Crippen LogP contribution in [0, 0.1) is 0 Å². The van der Waals surface area contributed by atoms with Crippen LogP contribution in [0.25, 0.3) is 10.2 Å². The molecule has 0 radical (unpaired) electrons. The monoisotopic (exact) mass is 374 g/mol. The van der Waals surface area contributed by atoms with E-state index in [1.807, 2.05) is 18.2 Å². The predicted octanol–water partition coefficient (Wildman–Crippen LogP) is 4.08. The number of amides is 1. The van der Waals surface area contributed by atoms with E-state index in [0.717, 1.165) is 22.0 Å². The molecule has 3 aromatic rings. The Hall–Kier alpha value is -2.25. The highest BCUT2D eigenvalue weighted by molar-refractivity contribution is 7.90. The van der Waals surface area contributed by atoms with Gasteiger partial charge in [0, 0.05) is 11.8 Å². The highest BCUT2D eigenvalue weighted by Gasteiger charge is 2.14. The smallest absolute Gasteiger partial charge is 0.257 e. The first kappa shape index (κ1) is 17.6. The molecule has 1 N–H and O–H groups in total. The van der Waals surface area contributed by atoms with Gasteiger partial charge in [0.15, 0.2) is 15.0 Å². The number of benzene rings is 2. The SMILES string of the molecule is CC(C)c1cccc2sc(NC(=O)c3ccc(S(C)(=O)=O)cc3)nc12. The lowest BCUT2D eigenvalue weighted by Gasteiger charge is -2.05. The van der Waals surface area contributed by atoms with E-state index in [1.54, 1.807) is 0 Å². The minimum Gasteiger partial charge on any atom is -0.298 e. The molecule has 1 heterocycles. The molecule has 0 aliphatic heterocycles. The number of carbonyl (C=O) groups excluding carboxylic acids is 1. The van der Waals surface area contributed by atoms with Gasteiger partial charge >= 0.3 is 0 Å². The highest BCUT2D eigenvalue weighted by Crippen LogP contribution is 2.31. The lowest BCUT2D eigenvalue weighted by atomic mass is 10.0. The number of anilines is 1. The number of aromatic nitrogens is 1. The molecule has 1 amide bonds. The first-order chi connectivity index (χ1) is 11.8. The summed E-state index contributed by atoms with van der Waals surface area (Å²) in [6.45, 7) is 4.21. The summed E-state index contributed by atoms with van der Waals surface area (Å²) in [5.74, 6) is 0.0306. The molecule has 130 valence electrons. The largest absolute Gasteiger partial charge is 0.298 e. The number of hydrogen-bond donors (Lipinski definition) is 1. The van der Waals surface area contributed by atoms with Crippen molar-refractivity contribution >= 4 is 42.4 Å². The Morgan fingerprint density at radius 3 is 2.40 bits per heavy atom. The van der Waals surface area contributed by atoms with Gasteiger partial charge in [-0.3, -0.25) is 10.1 Å². The van der Waals surface area contributed by atoms with Crippen LogP contribution in [0.2, 0.25) is 0 Å². The molecule has 3 rings (SSSR count). The van der Waals surface area contributed by atoms with Crippen LogP contribution in [-0.2, 0) is 9.84 Å². The number of nitrogens with zero attached hydrogens (tertiary/aromatic N) is 1. The summed E-state index contributed by atoms with van der Waals surface area (Å²) in [6, 6.07) is 11.9. The standard InChI is InChI=1S/C18H18N2O3S2/c1-11(2)14-5-4-6-15-16(14)19-18(24-15)20-17(21)12-7-9-13(10-8-12)25(3,22)23/h4-11H,1-3H3,(H,19,20,21). The number of thiazole rings is 1. The molecule has 0 saturated carbocycles. The molecule has 7 heteroatoms. The van der Waals surface area contributed by atoms with E-state index in [2.05, 4.69) is 24.1 Å². The Morgan fingerprint density at radius 2 is 1.80 bits per heavy atom. The zero-order valence-electron chi connectivity index (χ0n) is 14.1. The zero-order valence-corrected chi connectivity index (χ0v) is 15.7. The average molecular weight is 374 g/mol. The van der Waals surface area contributed by atoms with Crippen molar-refractivity contribution < 1.29 is 13.2 Å². The topological polar surface area (TPSA) is 76.1 Å². The summed E-state index contributed by atoms with van der Waals surface area (Å²) in [4.78, 5) is 17.1. The van der Waals surface area contributed by atoms with Gasteiger partial charge in [-0.1, -0.05) is 37.3 Å². The van der Waals surface area contributed by atoms with Gasteiger partial charge in [-0.25, -0.2) is 13.4 Å². The molecule has 0 bridgehead atoms. The summed E-state index contributed by atoms with van der Waals surface area (Å²) >= 11 is 1.42. The molecule has 0 aliphatic carbocycles. The average Bonchev–Trinajstić information content (AvgIpc) is 2.96. The zero-order chi connectivity index (χ0) is 18.2. The first-order valence-electron chi connectivity index (χ1n) is 7.76. The van der Waals surface area contributed by atoms with Crippen molar-refractivity contribution in [3.8, 4) is 0 Å². The van der Waals surface area contributed by atoms with Crippen LogP contribution in [0.15, 0.2) is 47.4 Å². The third kappa shape index (κ3) is 3.72. The molecule has 1 aromatic heterocycles. The third-order valence-electron chi connectivity index (χ3n) is 3.84. The van der Waals surface area contributed by atoms with Crippen molar-refractivity contribution in [3.63, 3.8) is 0 Å². The summed E-state index contributed by atoms with van der Waals surface area (Å²) in [5.41, 5.74) is 2.44. The maximum absolute atomic E-state index is 12.4. The molecule has 0 atom stereocenters. The van der Waals surface area contributed by atoms with Gasteiger partial charge in [-0.15, -0.1) is 0 Å². The number of hydrogen-bond acceptors (Lipinski definition) is 5. The maximum atomic E-state index is 12.4. The van der Waals surface area contributed by atoms with Gasteiger partial charge in [0.25, 0.3) is 5.91 Å². The molecular formula is C18H18N2O3S2. The molecule has 0 spiro atoms. The maximum Gasteiger partial charge on any atom is 0.257 e. The molecule has 0 aliphatic rings. The van der Waals surface area contributed by atoms with Crippen molar-refractivity contribution in [1.82, 2.24) is 4.98 Å². The van der Waals surface area contributed by atoms with E-state index in [0.29, 0.717) is 16.6 Å². The summed E-state index contributed by atoms with van der Waals surface area (Å²) in [5, 5.41) is 3.32. The van der Waals surface area contributed by atoms with Crippen molar-refractivity contribution in [2.75, 3.05) is 11.6 Å². The number of carbonyl (C=O) groups is 1. The Bertz CT molecular complexity index is 1040. The number of rotatable bonds is 4. The third-order valence-corrected chi connectivity index (χ3v) is 5.90. The predicted molar refractivity (Wildman–Crippen MR) is 101 cm³/mol. The molecule has 0 fully saturated rings. The summed E-state index contributed by atoms with van der Waals surface area (Å²) < 4.78 is 24.0. The number of nitrogens with one attached hydrogen (secondary N) is 1. The fourth-order valence-corrected chi connectivity index (χ4v) is 4.04. The van der Waals surface area contributed by atoms with Crippen LogP contribution in [0.1, 0.15) is 35.7 Å². The summed E-state index contributed by atoms with van der Waals surface area (Å²) in [7, 11) is -3.28. The second-order valence-corrected chi connectivity index (χ2v) is 9.16. The van der Waals surface area contributed by atoms with Crippen LogP contribution < -0.4 is 5.32 Å². The summed E-state index contributed by atoms with van der Waals surface area (Å²) in [6.07, 6.45) is 1.13. The van der Waals surface area contributed by atoms with E-state index in [9.17, 15) is 13.2 Å². The molecule has 25 heavy (non-hydrogen) atoms. The first-order valence-corrected chi connectivity index (χ1v) is 10.5. The Morgan fingerprint density at radius 1 is 1.12 bits per heavy atom. The fourth-order valence-electron chi connectivity index (χ4n) is 2.51. The molecule has 5 nitrogen and oxygen atoms in total. The second-order valence-electron chi connectivity index (χ2n) is 6.12. The highest BCUT2D eigenvalue weighted by atomic mass is 32.2. The van der Waals surface area contributed by atoms with Crippen LogP contribution in [-0.4, -0.2) is 25.6 Å². The van der Waals surface area contributed by atoms with Crippen LogP contribution in [0.4, 0.5) is 5.13 Å². The van der Waals surface area contributed by atoms with E-state index in [-0.39, 0.29) is 10.8 Å². The normalized spacial score (nSPS) is 11.8. The lowest BCUT2D eigenvalue weighted by Crippen LogP contribution is -2.11. The minimum absolute atomic E-state index is 0.186. The van der Waals surface area contributed by atoms with Gasteiger partial charge in [0.05, 0.1) is 15.1 Å². The van der Waals surface area contributed by atoms with E-state index < -0.39 is 9.84 Å². The Balaban J connectivity index is 1.86. The number of fused-ring (bicyclic) bond motifs is 1. The molecule has 0 unspecified atom stereocenters. The number of para-hydroxylation sites is 1. The van der Waals surface area contributed by atoms with Crippen molar-refractivity contribution in [2.24, 2.45) is 0 Å². The Labute approximate surface area is 150 Å². The van der Waals surface area contributed by atoms with Gasteiger partial charge < -0.3 is 0 Å². The molecule has 2 aromatic carbocycles. The quantitative estimate of drug-likeness (QED) is 0.747. The van der Waals surface area contributed by atoms with Crippen molar-refractivity contribution in [1.29, 1.82) is 0 Å². The fraction of sp³-hybridized carbons (Fsp3) is 0.222. The molecular weight excluding hydrogens is 356 g/mol. The number of sulfone groups is 1. The van der Waals surface area contributed by atoms with Crippen LogP contribution >= 0.6 is 11.3 Å². The van der Waals surface area contributed by atoms with Gasteiger partial charge in [-0.05, 0) is 41.8 Å². The van der Waals surface area contributed by atoms with Crippen molar-refractivity contribution in [2.45, 2.75) is 24.7 Å². The minimum atomic E-state index is -3.28. The van der Waals surface area contributed by atoms with Crippen molar-refractivity contribution in [3.05, 3.63) is 53.6 Å².